The van der Waals surface area contributed by atoms with Crippen LogP contribution in [0.1, 0.15) is 266 Å². The molecule has 0 saturated heterocycles. The Morgan fingerprint density at radius 1 is 0.389 bits per heavy atom. The Morgan fingerprint density at radius 3 is 1.02 bits per heavy atom. The first-order valence-electron chi connectivity index (χ1n) is 24.2. The van der Waals surface area contributed by atoms with E-state index in [1.165, 1.54) is 154 Å². The third-order valence-corrected chi connectivity index (χ3v) is 10.6. The molecular weight excluding hydrogens is 667 g/mol. The number of carbonyl (C=O) groups excluding carboxylic acids is 2. The molecule has 0 heterocycles. The van der Waals surface area contributed by atoms with Gasteiger partial charge in [-0.05, 0) is 97.6 Å². The Hall–Kier alpha value is -1.36. The highest BCUT2D eigenvalue weighted by Crippen LogP contribution is 2.19. The van der Waals surface area contributed by atoms with Crippen LogP contribution in [0.3, 0.4) is 0 Å². The Kier molecular flexibility index (Phi) is 48.4. The summed E-state index contributed by atoms with van der Waals surface area (Å²) in [5, 5.41) is 3.60. The van der Waals surface area contributed by atoms with Gasteiger partial charge in [0.15, 0.2) is 0 Å². The maximum absolute atomic E-state index is 12.6. The zero-order chi connectivity index (χ0) is 40.0. The lowest BCUT2D eigenvalue weighted by Crippen LogP contribution is -2.18. The quantitative estimate of drug-likeness (QED) is 0.0382. The lowest BCUT2D eigenvalue weighted by atomic mass is 10.0. The minimum atomic E-state index is 0.0160. The highest BCUT2D eigenvalue weighted by atomic mass is 16.5. The van der Waals surface area contributed by atoms with E-state index in [0.29, 0.717) is 12.8 Å². The minimum absolute atomic E-state index is 0.0160. The molecule has 1 N–H and O–H groups in total. The molecular formula is C49H97NO4. The summed E-state index contributed by atoms with van der Waals surface area (Å²) in [5.74, 6) is 0.0512. The second-order valence-electron chi connectivity index (χ2n) is 16.1. The molecule has 0 aliphatic rings. The molecule has 0 fully saturated rings. The molecule has 0 rings (SSSR count). The Labute approximate surface area is 339 Å². The maximum Gasteiger partial charge on any atom is 0.306 e. The zero-order valence-electron chi connectivity index (χ0n) is 37.6. The predicted molar refractivity (Wildman–Crippen MR) is 237 cm³/mol. The van der Waals surface area contributed by atoms with Crippen LogP contribution in [0.5, 0.6) is 0 Å². The molecule has 0 aliphatic heterocycles. The Morgan fingerprint density at radius 2 is 0.685 bits per heavy atom. The first-order chi connectivity index (χ1) is 26.5. The third-order valence-electron chi connectivity index (χ3n) is 10.6. The molecule has 0 radical (unpaired) electrons. The largest absolute Gasteiger partial charge is 0.462 e. The van der Waals surface area contributed by atoms with E-state index in [1.54, 1.807) is 0 Å². The van der Waals surface area contributed by atoms with E-state index in [-0.39, 0.29) is 24.1 Å². The van der Waals surface area contributed by atoms with Gasteiger partial charge in [-0.3, -0.25) is 9.59 Å². The van der Waals surface area contributed by atoms with Crippen LogP contribution in [0.15, 0.2) is 12.2 Å². The van der Waals surface area contributed by atoms with Gasteiger partial charge in [-0.1, -0.05) is 181 Å². The molecule has 0 spiro atoms. The number of ether oxygens (including phenoxy) is 2. The smallest absolute Gasteiger partial charge is 0.306 e. The van der Waals surface area contributed by atoms with Crippen molar-refractivity contribution in [3.8, 4) is 0 Å². The number of rotatable bonds is 41. The maximum atomic E-state index is 12.6. The SMILES string of the molecule is CC=CC.CCCCCCCCC(CCC)OC(=O)CCCCCCCNCCCCCCCC(=O)OC(CCCCCCCC)CCCCCCCC. The average molecular weight is 764 g/mol. The van der Waals surface area contributed by atoms with Crippen molar-refractivity contribution >= 4 is 11.9 Å². The second kappa shape index (κ2) is 47.8. The normalized spacial score (nSPS) is 11.9. The lowest BCUT2D eigenvalue weighted by molar-refractivity contribution is -0.151. The standard InChI is InChI=1S/C45H89NO4.C4H8/c1-5-9-12-15-20-27-35-42(34-8-4)49-44(47)38-30-23-18-25-32-40-46-41-33-26-19-24-31-39-45(48)50-43(36-28-21-16-13-10-6-2)37-29-22-17-14-11-7-3;1-3-4-2/h42-43,46H,5-41H2,1-4H3;3-4H,1-2H3. The molecule has 0 aliphatic carbocycles. The van der Waals surface area contributed by atoms with E-state index in [4.69, 9.17) is 9.47 Å². The topological polar surface area (TPSA) is 64.6 Å². The fourth-order valence-electron chi connectivity index (χ4n) is 7.02. The van der Waals surface area contributed by atoms with E-state index >= 15 is 0 Å². The van der Waals surface area contributed by atoms with Crippen LogP contribution in [0.4, 0.5) is 0 Å². The van der Waals surface area contributed by atoms with Crippen LogP contribution in [-0.4, -0.2) is 37.2 Å². The molecule has 0 amide bonds. The van der Waals surface area contributed by atoms with E-state index in [1.807, 2.05) is 26.0 Å². The van der Waals surface area contributed by atoms with Crippen molar-refractivity contribution in [2.45, 2.75) is 278 Å². The van der Waals surface area contributed by atoms with Gasteiger partial charge in [0.1, 0.15) is 12.2 Å². The molecule has 0 saturated carbocycles. The first kappa shape index (κ1) is 54.7. The number of allylic oxidation sites excluding steroid dienone is 2. The molecule has 54 heavy (non-hydrogen) atoms. The van der Waals surface area contributed by atoms with Crippen molar-refractivity contribution in [2.75, 3.05) is 13.1 Å². The highest BCUT2D eigenvalue weighted by Gasteiger charge is 2.15. The van der Waals surface area contributed by atoms with Gasteiger partial charge in [0.2, 0.25) is 0 Å². The number of carbonyl (C=O) groups is 2. The van der Waals surface area contributed by atoms with Gasteiger partial charge >= 0.3 is 11.9 Å². The molecule has 0 bridgehead atoms. The second-order valence-corrected chi connectivity index (χ2v) is 16.1. The number of hydrogen-bond acceptors (Lipinski definition) is 5. The number of esters is 2. The van der Waals surface area contributed by atoms with E-state index < -0.39 is 0 Å². The monoisotopic (exact) mass is 764 g/mol. The lowest BCUT2D eigenvalue weighted by Gasteiger charge is -2.18. The van der Waals surface area contributed by atoms with Crippen LogP contribution in [0, 0.1) is 0 Å². The van der Waals surface area contributed by atoms with Gasteiger partial charge < -0.3 is 14.8 Å². The summed E-state index contributed by atoms with van der Waals surface area (Å²) in [6.07, 6.45) is 45.4. The summed E-state index contributed by atoms with van der Waals surface area (Å²) >= 11 is 0. The summed E-state index contributed by atoms with van der Waals surface area (Å²) in [6.45, 7) is 15.1. The van der Waals surface area contributed by atoms with Crippen LogP contribution < -0.4 is 5.32 Å². The van der Waals surface area contributed by atoms with Crippen LogP contribution in [0.25, 0.3) is 0 Å². The summed E-state index contributed by atoms with van der Waals surface area (Å²) in [5.41, 5.74) is 0. The molecule has 322 valence electrons. The molecule has 5 heteroatoms. The summed E-state index contributed by atoms with van der Waals surface area (Å²) in [6, 6.07) is 0. The molecule has 1 unspecified atom stereocenters. The molecule has 0 aromatic rings. The van der Waals surface area contributed by atoms with Crippen molar-refractivity contribution in [2.24, 2.45) is 0 Å². The van der Waals surface area contributed by atoms with Gasteiger partial charge in [0.05, 0.1) is 0 Å². The van der Waals surface area contributed by atoms with E-state index in [0.717, 1.165) is 70.9 Å². The fourth-order valence-corrected chi connectivity index (χ4v) is 7.02. The van der Waals surface area contributed by atoms with E-state index in [9.17, 15) is 9.59 Å². The molecule has 0 aromatic heterocycles. The predicted octanol–water partition coefficient (Wildman–Crippen LogP) is 15.7. The van der Waals surface area contributed by atoms with Gasteiger partial charge in [-0.25, -0.2) is 0 Å². The minimum Gasteiger partial charge on any atom is -0.462 e. The number of nitrogens with one attached hydrogen (secondary N) is 1. The van der Waals surface area contributed by atoms with Crippen molar-refractivity contribution in [1.29, 1.82) is 0 Å². The Balaban J connectivity index is 0. The fraction of sp³-hybridized carbons (Fsp3) is 0.918. The molecule has 1 atom stereocenters. The average Bonchev–Trinajstić information content (AvgIpc) is 3.17. The molecule has 5 nitrogen and oxygen atoms in total. The van der Waals surface area contributed by atoms with Gasteiger partial charge in [-0.15, -0.1) is 0 Å². The van der Waals surface area contributed by atoms with Gasteiger partial charge in [0, 0.05) is 12.8 Å². The van der Waals surface area contributed by atoms with Crippen molar-refractivity contribution in [3.05, 3.63) is 12.2 Å². The van der Waals surface area contributed by atoms with Crippen LogP contribution in [-0.2, 0) is 19.1 Å². The Bertz CT molecular complexity index is 749. The summed E-state index contributed by atoms with van der Waals surface area (Å²) in [7, 11) is 0. The van der Waals surface area contributed by atoms with Crippen molar-refractivity contribution < 1.29 is 19.1 Å². The molecule has 0 aromatic carbocycles. The highest BCUT2D eigenvalue weighted by molar-refractivity contribution is 5.69. The third kappa shape index (κ3) is 45.0. The van der Waals surface area contributed by atoms with Crippen LogP contribution >= 0.6 is 0 Å². The van der Waals surface area contributed by atoms with Gasteiger partial charge in [-0.2, -0.15) is 0 Å². The van der Waals surface area contributed by atoms with Crippen molar-refractivity contribution in [1.82, 2.24) is 5.32 Å². The number of hydrogen-bond donors (Lipinski definition) is 1. The summed E-state index contributed by atoms with van der Waals surface area (Å²) in [4.78, 5) is 25.0. The summed E-state index contributed by atoms with van der Waals surface area (Å²) < 4.78 is 11.8. The van der Waals surface area contributed by atoms with Gasteiger partial charge in [0.25, 0.3) is 0 Å². The number of unbranched alkanes of at least 4 members (excludes halogenated alkanes) is 23. The van der Waals surface area contributed by atoms with E-state index in [2.05, 4.69) is 33.0 Å². The van der Waals surface area contributed by atoms with Crippen molar-refractivity contribution in [3.63, 3.8) is 0 Å². The zero-order valence-corrected chi connectivity index (χ0v) is 37.6. The first-order valence-corrected chi connectivity index (χ1v) is 24.2. The van der Waals surface area contributed by atoms with Crippen LogP contribution in [0.2, 0.25) is 0 Å².